The number of rotatable bonds is 9. The number of nitrogens with one attached hydrogen (secondary N) is 2. The molecule has 1 atom stereocenters. The molecule has 1 unspecified atom stereocenters. The lowest BCUT2D eigenvalue weighted by atomic mass is 9.77. The lowest BCUT2D eigenvalue weighted by molar-refractivity contribution is -0.120. The van der Waals surface area contributed by atoms with Gasteiger partial charge in [-0.05, 0) is 93.5 Å². The highest BCUT2D eigenvalue weighted by Gasteiger charge is 2.43. The largest absolute Gasteiger partial charge is 0.503 e. The second kappa shape index (κ2) is 17.1. The molecule has 63 heavy (non-hydrogen) atoms. The molecule has 4 amide bonds. The summed E-state index contributed by atoms with van der Waals surface area (Å²) in [5.74, 6) is -6.93. The molecule has 0 radical (unpaired) electrons. The third-order valence-corrected chi connectivity index (χ3v) is 13.3. The van der Waals surface area contributed by atoms with Crippen LogP contribution < -0.4 is 20.4 Å². The molecule has 1 spiro atoms. The highest BCUT2D eigenvalue weighted by Crippen LogP contribution is 2.40. The van der Waals surface area contributed by atoms with E-state index in [-0.39, 0.29) is 49.1 Å². The van der Waals surface area contributed by atoms with Crippen molar-refractivity contribution in [3.05, 3.63) is 95.2 Å². The first kappa shape index (κ1) is 42.0. The maximum absolute atomic E-state index is 14.2. The van der Waals surface area contributed by atoms with Crippen LogP contribution in [-0.4, -0.2) is 86.9 Å². The van der Waals surface area contributed by atoms with Crippen LogP contribution in [0, 0.1) is 36.2 Å². The van der Waals surface area contributed by atoms with Crippen molar-refractivity contribution < 1.29 is 42.2 Å². The number of phenolic OH excluding ortho intramolecular Hbond substituents is 1. The Kier molecular flexibility index (Phi) is 11.4. The Morgan fingerprint density at radius 2 is 1.70 bits per heavy atom. The standard InChI is InChI=1S/C46H47F3N8O6/c1-26-2-5-29(19-37(26)56-14-10-38(58)53-45(56)62)41(59)30-11-17-63-46(21-30)12-15-55(16-13-46)44-51-23-32(24-52-44)28-6-7-31-25-57(54-36(31)18-28)33-8-3-27(4-9-33)22-50-43(61)34-20-35(47)42(60)40(49)39(34)48/h2,5-7,18-20,23-25,27,30,33,60H,3-4,8-17,21-22H2,1H3,(H,50,61)(H,53,58,62). The molecule has 1 aliphatic carbocycles. The number of ketones is 1. The molecule has 0 bridgehead atoms. The van der Waals surface area contributed by atoms with Gasteiger partial charge in [0, 0.05) is 85.9 Å². The van der Waals surface area contributed by atoms with Crippen molar-refractivity contribution in [2.45, 2.75) is 76.4 Å². The Balaban J connectivity index is 0.775. The zero-order valence-corrected chi connectivity index (χ0v) is 34.7. The van der Waals surface area contributed by atoms with Crippen LogP contribution >= 0.6 is 0 Å². The third-order valence-electron chi connectivity index (χ3n) is 13.3. The van der Waals surface area contributed by atoms with Crippen LogP contribution in [0.4, 0.5) is 29.6 Å². The number of aryl methyl sites for hydroxylation is 1. The minimum Gasteiger partial charge on any atom is -0.503 e. The number of amides is 4. The van der Waals surface area contributed by atoms with Gasteiger partial charge in [-0.15, -0.1) is 0 Å². The lowest BCUT2D eigenvalue weighted by Gasteiger charge is -2.46. The fourth-order valence-electron chi connectivity index (χ4n) is 9.53. The van der Waals surface area contributed by atoms with Gasteiger partial charge in [-0.2, -0.15) is 9.49 Å². The Labute approximate surface area is 360 Å². The zero-order valence-electron chi connectivity index (χ0n) is 34.7. The van der Waals surface area contributed by atoms with Gasteiger partial charge < -0.3 is 20.1 Å². The predicted octanol–water partition coefficient (Wildman–Crippen LogP) is 7.18. The molecule has 14 nitrogen and oxygen atoms in total. The minimum atomic E-state index is -1.79. The lowest BCUT2D eigenvalue weighted by Crippen LogP contribution is -2.50. The van der Waals surface area contributed by atoms with Crippen LogP contribution in [0.5, 0.6) is 5.75 Å². The summed E-state index contributed by atoms with van der Waals surface area (Å²) in [4.78, 5) is 63.8. The molecule has 4 aliphatic rings. The van der Waals surface area contributed by atoms with E-state index in [2.05, 4.69) is 15.5 Å². The fraction of sp³-hybridized carbons (Fsp3) is 0.413. The van der Waals surface area contributed by atoms with Crippen LogP contribution in [0.15, 0.2) is 61.1 Å². The number of nitrogens with zero attached hydrogens (tertiary/aromatic N) is 6. The molecule has 5 aromatic rings. The molecule has 3 aliphatic heterocycles. The van der Waals surface area contributed by atoms with Gasteiger partial charge in [0.1, 0.15) is 0 Å². The number of Topliss-reactive ketones (excluding diaryl/α,β-unsaturated/α-hetero) is 1. The van der Waals surface area contributed by atoms with E-state index in [1.807, 2.05) is 60.5 Å². The Morgan fingerprint density at radius 3 is 2.44 bits per heavy atom. The Morgan fingerprint density at radius 1 is 0.937 bits per heavy atom. The van der Waals surface area contributed by atoms with Gasteiger partial charge in [0.2, 0.25) is 17.7 Å². The number of carbonyl (C=O) groups excluding carboxylic acids is 4. The van der Waals surface area contributed by atoms with E-state index in [4.69, 9.17) is 19.8 Å². The molecule has 4 fully saturated rings. The number of ether oxygens (including phenoxy) is 1. The van der Waals surface area contributed by atoms with E-state index >= 15 is 0 Å². The fourth-order valence-corrected chi connectivity index (χ4v) is 9.53. The number of urea groups is 1. The van der Waals surface area contributed by atoms with Crippen LogP contribution in [0.1, 0.15) is 90.1 Å². The number of phenols is 1. The van der Waals surface area contributed by atoms with Gasteiger partial charge in [0.15, 0.2) is 23.2 Å². The second-order valence-corrected chi connectivity index (χ2v) is 17.3. The molecule has 17 heteroatoms. The first-order valence-corrected chi connectivity index (χ1v) is 21.5. The molecule has 3 aromatic carbocycles. The number of piperidine rings is 1. The molecule has 3 N–H and O–H groups in total. The summed E-state index contributed by atoms with van der Waals surface area (Å²) in [6, 6.07) is 11.7. The van der Waals surface area contributed by atoms with E-state index in [1.54, 1.807) is 6.07 Å². The predicted molar refractivity (Wildman–Crippen MR) is 226 cm³/mol. The van der Waals surface area contributed by atoms with Crippen molar-refractivity contribution in [1.29, 1.82) is 0 Å². The van der Waals surface area contributed by atoms with Crippen LogP contribution in [0.2, 0.25) is 0 Å². The van der Waals surface area contributed by atoms with Crippen molar-refractivity contribution in [1.82, 2.24) is 30.4 Å². The monoisotopic (exact) mass is 864 g/mol. The highest BCUT2D eigenvalue weighted by atomic mass is 19.2. The Hall–Kier alpha value is -6.36. The van der Waals surface area contributed by atoms with Crippen LogP contribution in [-0.2, 0) is 9.53 Å². The summed E-state index contributed by atoms with van der Waals surface area (Å²) in [5, 5.41) is 20.1. The van der Waals surface area contributed by atoms with Gasteiger partial charge in [-0.1, -0.05) is 24.3 Å². The number of halogens is 3. The molecule has 5 heterocycles. The quantitative estimate of drug-likeness (QED) is 0.102. The first-order valence-electron chi connectivity index (χ1n) is 21.5. The zero-order chi connectivity index (χ0) is 44.0. The summed E-state index contributed by atoms with van der Waals surface area (Å²) in [6.45, 7) is 4.23. The van der Waals surface area contributed by atoms with Gasteiger partial charge in [0.05, 0.1) is 22.7 Å². The van der Waals surface area contributed by atoms with Gasteiger partial charge in [-0.25, -0.2) is 23.5 Å². The van der Waals surface area contributed by atoms with Crippen molar-refractivity contribution in [2.75, 3.05) is 42.6 Å². The van der Waals surface area contributed by atoms with E-state index in [0.717, 1.165) is 66.1 Å². The first-order chi connectivity index (χ1) is 30.3. The topological polar surface area (TPSA) is 172 Å². The van der Waals surface area contributed by atoms with E-state index in [9.17, 15) is 37.5 Å². The summed E-state index contributed by atoms with van der Waals surface area (Å²) in [5.41, 5.74) is 3.45. The number of carbonyl (C=O) groups is 4. The maximum Gasteiger partial charge on any atom is 0.328 e. The van der Waals surface area contributed by atoms with Gasteiger partial charge >= 0.3 is 6.03 Å². The third kappa shape index (κ3) is 8.45. The summed E-state index contributed by atoms with van der Waals surface area (Å²) < 4.78 is 50.0. The number of benzene rings is 3. The molecule has 2 aromatic heterocycles. The molecule has 9 rings (SSSR count). The van der Waals surface area contributed by atoms with Gasteiger partial charge in [-0.3, -0.25) is 29.3 Å². The minimum absolute atomic E-state index is 0.0382. The number of hydrogen-bond acceptors (Lipinski definition) is 10. The number of aromatic nitrogens is 4. The molecule has 3 saturated heterocycles. The van der Waals surface area contributed by atoms with Gasteiger partial charge in [0.25, 0.3) is 5.91 Å². The number of anilines is 2. The maximum atomic E-state index is 14.2. The molecular weight excluding hydrogens is 818 g/mol. The van der Waals surface area contributed by atoms with E-state index < -0.39 is 46.3 Å². The van der Waals surface area contributed by atoms with Crippen molar-refractivity contribution in [3.8, 4) is 16.9 Å². The molecule has 328 valence electrons. The summed E-state index contributed by atoms with van der Waals surface area (Å²) in [7, 11) is 0. The second-order valence-electron chi connectivity index (χ2n) is 17.3. The molecule has 1 saturated carbocycles. The smallest absolute Gasteiger partial charge is 0.328 e. The van der Waals surface area contributed by atoms with E-state index in [0.29, 0.717) is 55.8 Å². The number of imide groups is 1. The van der Waals surface area contributed by atoms with Crippen molar-refractivity contribution >= 4 is 46.2 Å². The normalized spacial score (nSPS) is 21.4. The molecular formula is C46H47F3N8O6. The Bertz CT molecular complexity index is 2600. The summed E-state index contributed by atoms with van der Waals surface area (Å²) >= 11 is 0. The average molecular weight is 865 g/mol. The number of hydrogen-bond donors (Lipinski definition) is 3. The van der Waals surface area contributed by atoms with Crippen LogP contribution in [0.25, 0.3) is 22.0 Å². The number of aromatic hydroxyl groups is 1. The summed E-state index contributed by atoms with van der Waals surface area (Å²) in [6.07, 6.45) is 11.7. The SMILES string of the molecule is Cc1ccc(C(=O)C2CCOC3(CCN(c4ncc(-c5ccc6cn(C7CCC(CNC(=O)c8cc(F)c(O)c(F)c8F)CC7)nc6c5)cn4)CC3)C2)cc1N1CCC(=O)NC1=O. The highest BCUT2D eigenvalue weighted by molar-refractivity contribution is 6.07. The van der Waals surface area contributed by atoms with Crippen LogP contribution in [0.3, 0.4) is 0 Å². The average Bonchev–Trinajstić information content (AvgIpc) is 3.73. The number of fused-ring (bicyclic) bond motifs is 1. The van der Waals surface area contributed by atoms with Crippen molar-refractivity contribution in [3.63, 3.8) is 0 Å². The van der Waals surface area contributed by atoms with Crippen molar-refractivity contribution in [2.24, 2.45) is 11.8 Å². The van der Waals surface area contributed by atoms with E-state index in [1.165, 1.54) is 4.90 Å².